The van der Waals surface area contributed by atoms with E-state index in [1.807, 2.05) is 12.1 Å². The molecule has 3 aliphatic rings. The third-order valence-corrected chi connectivity index (χ3v) is 16.1. The Morgan fingerprint density at radius 2 is 0.905 bits per heavy atom. The van der Waals surface area contributed by atoms with E-state index in [2.05, 4.69) is 9.80 Å². The van der Waals surface area contributed by atoms with Crippen molar-refractivity contribution in [2.75, 3.05) is 34.9 Å². The minimum absolute atomic E-state index is 0. The van der Waals surface area contributed by atoms with Gasteiger partial charge < -0.3 is 18.9 Å². The number of nitrogens with zero attached hydrogens (tertiary/aromatic N) is 2. The number of anilines is 2. The zero-order valence-corrected chi connectivity index (χ0v) is 32.1. The van der Waals surface area contributed by atoms with Crippen LogP contribution in [0.4, 0.5) is 11.4 Å². The molecule has 0 spiro atoms. The largest absolute Gasteiger partial charge is 1.00 e. The molecule has 2 aromatic carbocycles. The second-order valence-corrected chi connectivity index (χ2v) is 19.0. The number of hydrogen-bond acceptors (Lipinski definition) is 8. The van der Waals surface area contributed by atoms with Gasteiger partial charge in [0.05, 0.1) is 9.79 Å². The minimum atomic E-state index is -4.56. The van der Waals surface area contributed by atoms with Gasteiger partial charge in [0.2, 0.25) is 0 Å². The summed E-state index contributed by atoms with van der Waals surface area (Å²) < 4.78 is 71.2. The summed E-state index contributed by atoms with van der Waals surface area (Å²) >= 11 is 0. The van der Waals surface area contributed by atoms with Crippen LogP contribution >= 0.6 is 15.8 Å². The molecule has 0 radical (unpaired) electrons. The Kier molecular flexibility index (Phi) is 14.6. The number of hydrogen-bond donors (Lipinski definition) is 0. The third kappa shape index (κ3) is 9.86. The first-order valence-electron chi connectivity index (χ1n) is 14.2. The standard InChI is InChI=1S/C28H40N2O6P2S2.2Na/c31-39(32,33)27-15-7-9-23(17-27)29-19-37(25-11-3-1-4-12-25)20-30(22-38(21-29)26-13-5-2-6-14-26)24-10-8-16-28(18-24)40(34,35)36;;/h7-10,15-18,25-26H,1-6,11-14,19-22H2,(H,31,32,33)(H,34,35,36);;/q;2*+1/p-2. The maximum atomic E-state index is 11.9. The third-order valence-electron chi connectivity index (χ3n) is 8.53. The molecule has 0 amide bonds. The Hall–Kier alpha value is 0.720. The molecule has 1 aliphatic heterocycles. The summed E-state index contributed by atoms with van der Waals surface area (Å²) in [5.41, 5.74) is 2.73. The van der Waals surface area contributed by atoms with Gasteiger partial charge in [-0.15, -0.1) is 0 Å². The van der Waals surface area contributed by atoms with E-state index < -0.39 is 36.1 Å². The van der Waals surface area contributed by atoms with Gasteiger partial charge in [-0.05, 0) is 73.4 Å². The van der Waals surface area contributed by atoms with Crippen molar-refractivity contribution in [1.82, 2.24) is 0 Å². The SMILES string of the molecule is O=S(=O)([O-])c1cccc(N2CP(C3CCCCC3)CN(c3cccc(S(=O)(=O)[O-])c3)CP(C3CCCCC3)C2)c1.[Na+].[Na+]. The van der Waals surface area contributed by atoms with Crippen LogP contribution in [0.2, 0.25) is 0 Å². The van der Waals surface area contributed by atoms with Crippen LogP contribution in [0.5, 0.6) is 0 Å². The molecule has 42 heavy (non-hydrogen) atoms. The summed E-state index contributed by atoms with van der Waals surface area (Å²) in [6.45, 7) is 0. The fourth-order valence-corrected chi connectivity index (χ4v) is 13.8. The summed E-state index contributed by atoms with van der Waals surface area (Å²) in [6.07, 6.45) is 15.2. The van der Waals surface area contributed by atoms with E-state index in [-0.39, 0.29) is 68.9 Å². The van der Waals surface area contributed by atoms with E-state index in [0.29, 0.717) is 11.3 Å². The average Bonchev–Trinajstić information content (AvgIpc) is 2.93. The molecule has 8 nitrogen and oxygen atoms in total. The Morgan fingerprint density at radius 3 is 1.21 bits per heavy atom. The van der Waals surface area contributed by atoms with E-state index in [4.69, 9.17) is 0 Å². The fourth-order valence-electron chi connectivity index (χ4n) is 6.41. The molecule has 14 heteroatoms. The quantitative estimate of drug-likeness (QED) is 0.245. The van der Waals surface area contributed by atoms with Crippen LogP contribution in [-0.4, -0.2) is 62.4 Å². The monoisotopic (exact) mass is 670 g/mol. The fraction of sp³-hybridized carbons (Fsp3) is 0.571. The van der Waals surface area contributed by atoms with Gasteiger partial charge in [0.1, 0.15) is 20.2 Å². The van der Waals surface area contributed by atoms with Gasteiger partial charge in [0.25, 0.3) is 0 Å². The van der Waals surface area contributed by atoms with E-state index in [0.717, 1.165) is 62.2 Å². The van der Waals surface area contributed by atoms with E-state index in [1.165, 1.54) is 50.7 Å². The van der Waals surface area contributed by atoms with Gasteiger partial charge >= 0.3 is 59.1 Å². The topological polar surface area (TPSA) is 121 Å². The molecule has 0 bridgehead atoms. The number of benzene rings is 2. The zero-order valence-electron chi connectivity index (χ0n) is 24.7. The van der Waals surface area contributed by atoms with Gasteiger partial charge in [-0.1, -0.05) is 66.5 Å². The summed E-state index contributed by atoms with van der Waals surface area (Å²) in [6, 6.07) is 13.1. The smallest absolute Gasteiger partial charge is 0.744 e. The predicted molar refractivity (Wildman–Crippen MR) is 161 cm³/mol. The molecule has 2 aromatic rings. The first-order chi connectivity index (χ1) is 19.1. The van der Waals surface area contributed by atoms with Gasteiger partial charge in [-0.2, -0.15) is 0 Å². The molecule has 2 saturated carbocycles. The predicted octanol–water partition coefficient (Wildman–Crippen LogP) is 0.289. The molecular weight excluding hydrogens is 632 g/mol. The first-order valence-corrected chi connectivity index (χ1v) is 20.6. The molecule has 1 saturated heterocycles. The second-order valence-electron chi connectivity index (χ2n) is 11.3. The summed E-state index contributed by atoms with van der Waals surface area (Å²) in [7, 11) is -10.2. The summed E-state index contributed by atoms with van der Waals surface area (Å²) in [5, 5.41) is 0. The van der Waals surface area contributed by atoms with E-state index in [1.54, 1.807) is 24.3 Å². The van der Waals surface area contributed by atoms with Crippen molar-refractivity contribution in [2.45, 2.75) is 85.3 Å². The van der Waals surface area contributed by atoms with Crippen molar-refractivity contribution in [1.29, 1.82) is 0 Å². The van der Waals surface area contributed by atoms with Crippen LogP contribution in [0.15, 0.2) is 58.3 Å². The zero-order chi connectivity index (χ0) is 28.3. The second kappa shape index (κ2) is 16.5. The van der Waals surface area contributed by atoms with Gasteiger partial charge in [-0.3, -0.25) is 0 Å². The maximum absolute atomic E-state index is 11.9. The summed E-state index contributed by atoms with van der Waals surface area (Å²) in [4.78, 5) is 4.36. The Balaban J connectivity index is 0.00000242. The van der Waals surface area contributed by atoms with Crippen LogP contribution in [-0.2, 0) is 20.2 Å². The van der Waals surface area contributed by atoms with Crippen molar-refractivity contribution in [3.05, 3.63) is 48.5 Å². The molecule has 0 N–H and O–H groups in total. The van der Waals surface area contributed by atoms with Crippen LogP contribution in [0, 0.1) is 0 Å². The molecule has 0 atom stereocenters. The van der Waals surface area contributed by atoms with Crippen molar-refractivity contribution in [2.24, 2.45) is 0 Å². The Labute approximate surface area is 298 Å². The first kappa shape index (κ1) is 37.2. The molecular formula is C28H38N2Na2O6P2S2. The Morgan fingerprint density at radius 1 is 0.571 bits per heavy atom. The van der Waals surface area contributed by atoms with Gasteiger partial charge in [0.15, 0.2) is 0 Å². The molecule has 5 rings (SSSR count). The normalized spacial score (nSPS) is 23.3. The Bertz CT molecular complexity index is 1270. The maximum Gasteiger partial charge on any atom is 1.00 e. The molecule has 0 aromatic heterocycles. The minimum Gasteiger partial charge on any atom is -0.744 e. The molecule has 0 unspecified atom stereocenters. The van der Waals surface area contributed by atoms with Gasteiger partial charge in [-0.25, -0.2) is 16.8 Å². The molecule has 1 heterocycles. The molecule has 220 valence electrons. The van der Waals surface area contributed by atoms with Crippen molar-refractivity contribution < 1.29 is 85.1 Å². The summed E-state index contributed by atoms with van der Waals surface area (Å²) in [5.74, 6) is 0. The van der Waals surface area contributed by atoms with Crippen molar-refractivity contribution in [3.63, 3.8) is 0 Å². The molecule has 3 fully saturated rings. The van der Waals surface area contributed by atoms with Crippen LogP contribution in [0.25, 0.3) is 0 Å². The average molecular weight is 671 g/mol. The number of rotatable bonds is 6. The van der Waals surface area contributed by atoms with E-state index >= 15 is 0 Å². The van der Waals surface area contributed by atoms with Gasteiger partial charge in [0, 0.05) is 36.5 Å². The van der Waals surface area contributed by atoms with Crippen LogP contribution in [0.3, 0.4) is 0 Å². The molecule has 2 aliphatic carbocycles. The van der Waals surface area contributed by atoms with Crippen LogP contribution in [0.1, 0.15) is 64.2 Å². The van der Waals surface area contributed by atoms with Crippen molar-refractivity contribution >= 4 is 47.5 Å². The van der Waals surface area contributed by atoms with Crippen molar-refractivity contribution in [3.8, 4) is 0 Å². The van der Waals surface area contributed by atoms with E-state index in [9.17, 15) is 25.9 Å². The van der Waals surface area contributed by atoms with Crippen LogP contribution < -0.4 is 68.9 Å².